The number of amidine groups is 1. The molecule has 1 aromatic carbocycles. The van der Waals surface area contributed by atoms with Crippen LogP contribution in [0.25, 0.3) is 10.9 Å². The van der Waals surface area contributed by atoms with Crippen molar-refractivity contribution in [2.45, 2.75) is 38.3 Å². The van der Waals surface area contributed by atoms with Gasteiger partial charge in [0.25, 0.3) is 5.91 Å². The molecule has 1 aliphatic heterocycles. The highest BCUT2D eigenvalue weighted by Gasteiger charge is 2.26. The lowest BCUT2D eigenvalue weighted by molar-refractivity contribution is -0.115. The Kier molecular flexibility index (Phi) is 7.62. The second kappa shape index (κ2) is 10.4. The molecule has 0 saturated carbocycles. The molecule has 0 spiro atoms. The summed E-state index contributed by atoms with van der Waals surface area (Å²) in [5, 5.41) is 12.3. The van der Waals surface area contributed by atoms with E-state index in [1.807, 2.05) is 36.3 Å². The van der Waals surface area contributed by atoms with Crippen LogP contribution in [0.15, 0.2) is 35.5 Å². The predicted molar refractivity (Wildman–Crippen MR) is 122 cm³/mol. The summed E-state index contributed by atoms with van der Waals surface area (Å²) < 4.78 is 13.2. The van der Waals surface area contributed by atoms with Gasteiger partial charge >= 0.3 is 0 Å². The third-order valence-corrected chi connectivity index (χ3v) is 5.83. The van der Waals surface area contributed by atoms with Gasteiger partial charge in [-0.25, -0.2) is 4.39 Å². The number of carbonyl (C=O) groups is 1. The third-order valence-electron chi connectivity index (χ3n) is 5.83. The van der Waals surface area contributed by atoms with E-state index < -0.39 is 12.6 Å². The molecular weight excluding hydrogens is 397 g/mol. The van der Waals surface area contributed by atoms with Crippen molar-refractivity contribution < 1.29 is 9.18 Å². The number of fused-ring (bicyclic) bond motifs is 1. The minimum Gasteiger partial charge on any atom is -0.379 e. The number of hydrogen-bond acceptors (Lipinski definition) is 3. The molecule has 2 unspecified atom stereocenters. The van der Waals surface area contributed by atoms with Crippen LogP contribution in [0.1, 0.15) is 25.3 Å². The maximum Gasteiger partial charge on any atom is 0.286 e. The molecule has 3 rings (SSSR count). The van der Waals surface area contributed by atoms with Gasteiger partial charge in [-0.1, -0.05) is 31.5 Å². The highest BCUT2D eigenvalue weighted by Crippen LogP contribution is 2.20. The Bertz CT molecular complexity index is 941. The number of aromatic amines is 1. The number of benzene rings is 1. The number of aliphatic imine (C=N–C) groups is 1. The Balaban J connectivity index is 1.63. The van der Waals surface area contributed by atoms with Gasteiger partial charge in [0.05, 0.1) is 6.04 Å². The number of guanidine groups is 1. The molecule has 9 heteroatoms. The predicted octanol–water partition coefficient (Wildman–Crippen LogP) is 1.87. The number of likely N-dealkylation sites (N-methyl/N-ethyl adjacent to an activating group) is 1. The summed E-state index contributed by atoms with van der Waals surface area (Å²) in [6.45, 7) is 3.09. The minimum absolute atomic E-state index is 0.0980. The van der Waals surface area contributed by atoms with E-state index in [1.165, 1.54) is 0 Å². The first-order valence-corrected chi connectivity index (χ1v) is 10.7. The number of carbonyl (C=O) groups excluding carboxylic acids is 1. The number of rotatable bonds is 6. The average molecular weight is 430 g/mol. The molecule has 1 amide bonds. The number of piperazine rings is 1. The van der Waals surface area contributed by atoms with Gasteiger partial charge < -0.3 is 20.9 Å². The van der Waals surface area contributed by atoms with Crippen LogP contribution in [-0.2, 0) is 11.2 Å². The number of alkyl halides is 1. The molecule has 8 nitrogen and oxygen atoms in total. The quantitative estimate of drug-likeness (QED) is 0.415. The van der Waals surface area contributed by atoms with E-state index >= 15 is 0 Å². The van der Waals surface area contributed by atoms with Crippen molar-refractivity contribution in [1.29, 1.82) is 5.41 Å². The molecule has 1 aliphatic rings. The number of nitrogens with zero attached hydrogens (tertiary/aromatic N) is 3. The molecule has 1 saturated heterocycles. The number of halogens is 1. The number of hydrogen-bond donors (Lipinski definition) is 4. The molecule has 168 valence electrons. The van der Waals surface area contributed by atoms with E-state index in [4.69, 9.17) is 11.1 Å². The summed E-state index contributed by atoms with van der Waals surface area (Å²) in [6.07, 6.45) is 4.35. The van der Waals surface area contributed by atoms with E-state index in [-0.39, 0.29) is 23.9 Å². The summed E-state index contributed by atoms with van der Waals surface area (Å²) in [5.74, 6) is -0.845. The summed E-state index contributed by atoms with van der Waals surface area (Å²) in [7, 11) is 1.86. The van der Waals surface area contributed by atoms with E-state index in [0.717, 1.165) is 29.3 Å². The molecule has 0 aliphatic carbocycles. The lowest BCUT2D eigenvalue weighted by Crippen LogP contribution is -2.54. The largest absolute Gasteiger partial charge is 0.379 e. The van der Waals surface area contributed by atoms with Crippen LogP contribution in [0.4, 0.5) is 4.39 Å². The Morgan fingerprint density at radius 1 is 1.42 bits per heavy atom. The fourth-order valence-electron chi connectivity index (χ4n) is 3.94. The first kappa shape index (κ1) is 22.7. The van der Waals surface area contributed by atoms with Crippen LogP contribution < -0.4 is 11.1 Å². The zero-order valence-electron chi connectivity index (χ0n) is 18.2. The third kappa shape index (κ3) is 5.61. The molecular formula is C22H32FN7O. The summed E-state index contributed by atoms with van der Waals surface area (Å²) >= 11 is 0. The van der Waals surface area contributed by atoms with Crippen molar-refractivity contribution in [2.24, 2.45) is 10.7 Å². The van der Waals surface area contributed by atoms with Crippen molar-refractivity contribution in [3.05, 3.63) is 36.0 Å². The van der Waals surface area contributed by atoms with Crippen molar-refractivity contribution in [2.75, 3.05) is 33.4 Å². The Morgan fingerprint density at radius 3 is 2.94 bits per heavy atom. The highest BCUT2D eigenvalue weighted by atomic mass is 19.1. The van der Waals surface area contributed by atoms with Gasteiger partial charge in [-0.15, -0.1) is 0 Å². The second-order valence-electron chi connectivity index (χ2n) is 8.08. The number of para-hydroxylation sites is 1. The zero-order valence-corrected chi connectivity index (χ0v) is 18.2. The molecule has 5 N–H and O–H groups in total. The Hall–Kier alpha value is -2.94. The van der Waals surface area contributed by atoms with Crippen LogP contribution in [-0.4, -0.2) is 77.9 Å². The Labute approximate surface area is 182 Å². The first-order chi connectivity index (χ1) is 14.9. The van der Waals surface area contributed by atoms with E-state index in [2.05, 4.69) is 28.3 Å². The number of aromatic nitrogens is 1. The van der Waals surface area contributed by atoms with Gasteiger partial charge in [-0.3, -0.25) is 15.1 Å². The van der Waals surface area contributed by atoms with E-state index in [0.29, 0.717) is 26.1 Å². The molecule has 1 aromatic heterocycles. The number of amides is 1. The minimum atomic E-state index is -0.494. The van der Waals surface area contributed by atoms with Crippen molar-refractivity contribution >= 4 is 28.6 Å². The fraction of sp³-hybridized carbons (Fsp3) is 0.500. The zero-order chi connectivity index (χ0) is 22.4. The number of nitrogens with one attached hydrogen (secondary N) is 3. The lowest BCUT2D eigenvalue weighted by atomic mass is 10.0. The van der Waals surface area contributed by atoms with Crippen LogP contribution >= 0.6 is 0 Å². The molecule has 0 bridgehead atoms. The lowest BCUT2D eigenvalue weighted by Gasteiger charge is -2.38. The standard InChI is InChI=1S/C22H32FN7O/c1-3-6-16(11-15-13-26-19-8-5-4-7-18(15)19)27-21(31)20(24)28-22(25)30-10-9-29(2)17(12-23)14-30/h4-5,7-8,13,16-17,26H,3,6,9-12,14H2,1-2H3,(H,27,31)(H3,24,25,28). The van der Waals surface area contributed by atoms with Gasteiger partial charge in [-0.2, -0.15) is 4.99 Å². The van der Waals surface area contributed by atoms with Crippen LogP contribution in [0.3, 0.4) is 0 Å². The smallest absolute Gasteiger partial charge is 0.286 e. The van der Waals surface area contributed by atoms with Gasteiger partial charge in [0.1, 0.15) is 6.67 Å². The van der Waals surface area contributed by atoms with Gasteiger partial charge in [0.15, 0.2) is 5.84 Å². The van der Waals surface area contributed by atoms with Gasteiger partial charge in [0, 0.05) is 42.8 Å². The van der Waals surface area contributed by atoms with Crippen LogP contribution in [0.2, 0.25) is 0 Å². The maximum atomic E-state index is 13.2. The molecule has 2 heterocycles. The molecule has 2 aromatic rings. The number of nitrogens with two attached hydrogens (primary N) is 1. The normalized spacial score (nSPS) is 18.9. The average Bonchev–Trinajstić information content (AvgIpc) is 3.17. The second-order valence-corrected chi connectivity index (χ2v) is 8.08. The van der Waals surface area contributed by atoms with Crippen molar-refractivity contribution in [1.82, 2.24) is 20.1 Å². The highest BCUT2D eigenvalue weighted by molar-refractivity contribution is 6.38. The molecule has 1 fully saturated rings. The molecule has 31 heavy (non-hydrogen) atoms. The van der Waals surface area contributed by atoms with E-state index in [1.54, 1.807) is 4.90 Å². The van der Waals surface area contributed by atoms with Crippen LogP contribution in [0, 0.1) is 5.41 Å². The van der Waals surface area contributed by atoms with Gasteiger partial charge in [-0.05, 0) is 31.5 Å². The maximum absolute atomic E-state index is 13.2. The monoisotopic (exact) mass is 429 g/mol. The van der Waals surface area contributed by atoms with Crippen LogP contribution in [0.5, 0.6) is 0 Å². The SMILES string of the molecule is CCCC(Cc1c[nH]c2ccccc12)NC(=O)/C(N)=N/C(=N)N1CCN(C)C(CF)C1. The molecule has 0 radical (unpaired) electrons. The number of H-pyrrole nitrogens is 1. The van der Waals surface area contributed by atoms with Gasteiger partial charge in [0.2, 0.25) is 5.96 Å². The summed E-state index contributed by atoms with van der Waals surface area (Å²) in [5.41, 5.74) is 8.10. The summed E-state index contributed by atoms with van der Waals surface area (Å²) in [4.78, 5) is 23.5. The Morgan fingerprint density at radius 2 is 2.19 bits per heavy atom. The summed E-state index contributed by atoms with van der Waals surface area (Å²) in [6, 6.07) is 7.67. The van der Waals surface area contributed by atoms with E-state index in [9.17, 15) is 9.18 Å². The molecule has 2 atom stereocenters. The van der Waals surface area contributed by atoms with Crippen molar-refractivity contribution in [3.63, 3.8) is 0 Å². The fourth-order valence-corrected chi connectivity index (χ4v) is 3.94. The topological polar surface area (TPSA) is 114 Å². The van der Waals surface area contributed by atoms with Crippen molar-refractivity contribution in [3.8, 4) is 0 Å². The first-order valence-electron chi connectivity index (χ1n) is 10.7.